The van der Waals surface area contributed by atoms with Crippen LogP contribution in [-0.4, -0.2) is 58.4 Å². The maximum absolute atomic E-state index is 12.9. The van der Waals surface area contributed by atoms with Gasteiger partial charge in [-0.3, -0.25) is 9.59 Å². The van der Waals surface area contributed by atoms with Crippen LogP contribution in [0.3, 0.4) is 0 Å². The molecule has 1 amide bonds. The summed E-state index contributed by atoms with van der Waals surface area (Å²) < 4.78 is 10.6. The first-order valence-corrected chi connectivity index (χ1v) is 9.14. The minimum absolute atomic E-state index is 0.0579. The maximum Gasteiger partial charge on any atom is 0.410 e. The van der Waals surface area contributed by atoms with Gasteiger partial charge in [0.1, 0.15) is 16.8 Å². The van der Waals surface area contributed by atoms with E-state index in [0.717, 1.165) is 0 Å². The van der Waals surface area contributed by atoms with E-state index in [9.17, 15) is 24.6 Å². The molecule has 0 saturated carbocycles. The molecule has 1 aromatic carbocycles. The summed E-state index contributed by atoms with van der Waals surface area (Å²) in [5, 5.41) is 19.3. The number of carbonyl (C=O) groups excluding carboxylic acids is 2. The fourth-order valence-corrected chi connectivity index (χ4v) is 3.40. The predicted molar refractivity (Wildman–Crippen MR) is 99.8 cm³/mol. The predicted octanol–water partition coefficient (Wildman–Crippen LogP) is 2.44. The van der Waals surface area contributed by atoms with Crippen molar-refractivity contribution >= 4 is 18.0 Å². The van der Waals surface area contributed by atoms with Gasteiger partial charge in [-0.25, -0.2) is 4.79 Å². The lowest BCUT2D eigenvalue weighted by molar-refractivity contribution is -0.163. The number of phenols is 1. The summed E-state index contributed by atoms with van der Waals surface area (Å²) in [5.74, 6) is -2.93. The summed E-state index contributed by atoms with van der Waals surface area (Å²) in [7, 11) is 0. The van der Waals surface area contributed by atoms with Crippen LogP contribution < -0.4 is 0 Å². The van der Waals surface area contributed by atoms with Crippen molar-refractivity contribution in [2.24, 2.45) is 11.3 Å². The molecule has 0 unspecified atom stereocenters. The van der Waals surface area contributed by atoms with Gasteiger partial charge in [-0.05, 0) is 51.8 Å². The molecule has 0 aliphatic carbocycles. The third kappa shape index (κ3) is 4.74. The molecule has 0 bridgehead atoms. The Labute approximate surface area is 164 Å². The van der Waals surface area contributed by atoms with Crippen LogP contribution in [-0.2, 0) is 25.5 Å². The van der Waals surface area contributed by atoms with Gasteiger partial charge in [-0.15, -0.1) is 0 Å². The number of likely N-dealkylation sites (tertiary alicyclic amines) is 1. The van der Waals surface area contributed by atoms with Gasteiger partial charge in [-0.1, -0.05) is 12.1 Å². The lowest BCUT2D eigenvalue weighted by atomic mass is 9.73. The van der Waals surface area contributed by atoms with Crippen molar-refractivity contribution in [3.63, 3.8) is 0 Å². The van der Waals surface area contributed by atoms with E-state index in [0.29, 0.717) is 5.56 Å². The number of nitrogens with zero attached hydrogens (tertiary/aromatic N) is 1. The Morgan fingerprint density at radius 1 is 1.21 bits per heavy atom. The lowest BCUT2D eigenvalue weighted by Crippen LogP contribution is -2.45. The van der Waals surface area contributed by atoms with Crippen LogP contribution in [0.4, 0.5) is 4.79 Å². The number of esters is 1. The Bertz CT molecular complexity index is 738. The molecule has 154 valence electrons. The quantitative estimate of drug-likeness (QED) is 0.739. The molecule has 2 N–H and O–H groups in total. The SMILES string of the molecule is CCOC(=O)[C@@]1(Cc2ccc(O)cc2)CN(C(=O)OC(C)(C)C)C[C@@H]1C(=O)O. The van der Waals surface area contributed by atoms with E-state index < -0.39 is 35.0 Å². The van der Waals surface area contributed by atoms with Crippen molar-refractivity contribution in [3.05, 3.63) is 29.8 Å². The number of carbonyl (C=O) groups is 3. The fraction of sp³-hybridized carbons (Fsp3) is 0.550. The van der Waals surface area contributed by atoms with Crippen molar-refractivity contribution in [2.75, 3.05) is 19.7 Å². The Balaban J connectivity index is 2.41. The summed E-state index contributed by atoms with van der Waals surface area (Å²) in [5.41, 5.74) is -1.54. The molecule has 1 aromatic rings. The summed E-state index contributed by atoms with van der Waals surface area (Å²) in [4.78, 5) is 38.7. The van der Waals surface area contributed by atoms with E-state index in [1.54, 1.807) is 39.8 Å². The van der Waals surface area contributed by atoms with Crippen molar-refractivity contribution in [1.29, 1.82) is 0 Å². The number of amides is 1. The molecule has 0 aromatic heterocycles. The molecular formula is C20H27NO7. The van der Waals surface area contributed by atoms with Crippen LogP contribution in [0.1, 0.15) is 33.3 Å². The molecule has 28 heavy (non-hydrogen) atoms. The van der Waals surface area contributed by atoms with Crippen molar-refractivity contribution in [2.45, 2.75) is 39.7 Å². The molecule has 0 radical (unpaired) electrons. The van der Waals surface area contributed by atoms with Crippen molar-refractivity contribution < 1.29 is 34.1 Å². The number of hydrogen-bond donors (Lipinski definition) is 2. The van der Waals surface area contributed by atoms with Gasteiger partial charge in [0.15, 0.2) is 0 Å². The number of ether oxygens (including phenoxy) is 2. The highest BCUT2D eigenvalue weighted by Gasteiger charge is 2.58. The van der Waals surface area contributed by atoms with E-state index in [4.69, 9.17) is 9.47 Å². The van der Waals surface area contributed by atoms with Crippen molar-refractivity contribution in [3.8, 4) is 5.75 Å². The van der Waals surface area contributed by atoms with Crippen LogP contribution in [0.2, 0.25) is 0 Å². The highest BCUT2D eigenvalue weighted by Crippen LogP contribution is 2.41. The van der Waals surface area contributed by atoms with Crippen LogP contribution in [0.15, 0.2) is 24.3 Å². The summed E-state index contributed by atoms with van der Waals surface area (Å²) in [6, 6.07) is 6.16. The van der Waals surface area contributed by atoms with Gasteiger partial charge in [-0.2, -0.15) is 0 Å². The zero-order valence-electron chi connectivity index (χ0n) is 16.6. The third-order valence-electron chi connectivity index (χ3n) is 4.63. The second-order valence-corrected chi connectivity index (χ2v) is 7.97. The monoisotopic (exact) mass is 393 g/mol. The summed E-state index contributed by atoms with van der Waals surface area (Å²) >= 11 is 0. The minimum Gasteiger partial charge on any atom is -0.508 e. The van der Waals surface area contributed by atoms with Gasteiger partial charge in [0, 0.05) is 13.1 Å². The molecule has 1 aliphatic heterocycles. The zero-order chi connectivity index (χ0) is 21.1. The molecule has 2 atom stereocenters. The van der Waals surface area contributed by atoms with Crippen LogP contribution in [0.5, 0.6) is 5.75 Å². The number of carboxylic acid groups (broad SMARTS) is 1. The van der Waals surface area contributed by atoms with Crippen molar-refractivity contribution in [1.82, 2.24) is 4.90 Å². The largest absolute Gasteiger partial charge is 0.508 e. The van der Waals surface area contributed by atoms with Gasteiger partial charge < -0.3 is 24.6 Å². The molecule has 1 fully saturated rings. The highest BCUT2D eigenvalue weighted by atomic mass is 16.6. The molecular weight excluding hydrogens is 366 g/mol. The average molecular weight is 393 g/mol. The molecule has 1 aliphatic rings. The Morgan fingerprint density at radius 3 is 2.32 bits per heavy atom. The Kier molecular flexibility index (Phi) is 6.21. The third-order valence-corrected chi connectivity index (χ3v) is 4.63. The first-order valence-electron chi connectivity index (χ1n) is 9.14. The van der Waals surface area contributed by atoms with Gasteiger partial charge in [0.2, 0.25) is 0 Å². The van der Waals surface area contributed by atoms with Crippen LogP contribution in [0, 0.1) is 11.3 Å². The average Bonchev–Trinajstić information content (AvgIpc) is 2.97. The molecule has 8 nitrogen and oxygen atoms in total. The maximum atomic E-state index is 12.9. The van der Waals surface area contributed by atoms with Gasteiger partial charge >= 0.3 is 18.0 Å². The fourth-order valence-electron chi connectivity index (χ4n) is 3.40. The van der Waals surface area contributed by atoms with E-state index in [-0.39, 0.29) is 31.9 Å². The zero-order valence-corrected chi connectivity index (χ0v) is 16.6. The molecule has 0 spiro atoms. The summed E-state index contributed by atoms with van der Waals surface area (Å²) in [6.07, 6.45) is -0.613. The second-order valence-electron chi connectivity index (χ2n) is 7.97. The molecule has 2 rings (SSSR count). The number of carboxylic acids is 1. The van der Waals surface area contributed by atoms with E-state index >= 15 is 0 Å². The van der Waals surface area contributed by atoms with Gasteiger partial charge in [0.05, 0.1) is 12.5 Å². The minimum atomic E-state index is -1.45. The number of aliphatic carboxylic acids is 1. The number of hydrogen-bond acceptors (Lipinski definition) is 6. The Morgan fingerprint density at radius 2 is 1.82 bits per heavy atom. The number of aromatic hydroxyl groups is 1. The van der Waals surface area contributed by atoms with Gasteiger partial charge in [0.25, 0.3) is 0 Å². The summed E-state index contributed by atoms with van der Waals surface area (Å²) in [6.45, 7) is 6.59. The highest BCUT2D eigenvalue weighted by molar-refractivity contribution is 5.88. The van der Waals surface area contributed by atoms with Crippen LogP contribution in [0.25, 0.3) is 0 Å². The number of phenolic OH excluding ortho intramolecular Hbond substituents is 1. The first kappa shape index (κ1) is 21.5. The smallest absolute Gasteiger partial charge is 0.410 e. The topological polar surface area (TPSA) is 113 Å². The first-order chi connectivity index (χ1) is 13.0. The molecule has 1 saturated heterocycles. The normalized spacial score (nSPS) is 22.0. The van der Waals surface area contributed by atoms with E-state index in [1.165, 1.54) is 17.0 Å². The molecule has 1 heterocycles. The number of benzene rings is 1. The van der Waals surface area contributed by atoms with E-state index in [2.05, 4.69) is 0 Å². The molecule has 8 heteroatoms. The van der Waals surface area contributed by atoms with E-state index in [1.807, 2.05) is 0 Å². The standard InChI is InChI=1S/C20H27NO7/c1-5-27-17(25)20(10-13-6-8-14(22)9-7-13)12-21(11-15(20)16(23)24)18(26)28-19(2,3)4/h6-9,15,22H,5,10-12H2,1-4H3,(H,23,24)/t15-,20+/m1/s1. The lowest BCUT2D eigenvalue weighted by Gasteiger charge is -2.30. The number of rotatable bonds is 5. The second kappa shape index (κ2) is 8.08. The van der Waals surface area contributed by atoms with Crippen LogP contribution >= 0.6 is 0 Å². The Hall–Kier alpha value is -2.77.